The van der Waals surface area contributed by atoms with E-state index in [1.54, 1.807) is 26.4 Å². The highest BCUT2D eigenvalue weighted by atomic mass is 16.5. The fraction of sp³-hybridized carbons (Fsp3) is 0.476. The van der Waals surface area contributed by atoms with Gasteiger partial charge in [-0.3, -0.25) is 14.4 Å². The summed E-state index contributed by atoms with van der Waals surface area (Å²) in [6.07, 6.45) is -0.0957. The molecule has 1 aliphatic heterocycles. The molecule has 1 fully saturated rings. The molecule has 2 bridgehead atoms. The van der Waals surface area contributed by atoms with E-state index in [4.69, 9.17) is 14.2 Å². The van der Waals surface area contributed by atoms with E-state index in [9.17, 15) is 14.4 Å². The monoisotopic (exact) mass is 387 g/mol. The van der Waals surface area contributed by atoms with Crippen LogP contribution in [0.5, 0.6) is 11.5 Å². The number of carbonyl (C=O) groups excluding carboxylic acids is 3. The van der Waals surface area contributed by atoms with Crippen LogP contribution in [0.3, 0.4) is 0 Å². The molecule has 1 saturated carbocycles. The minimum absolute atomic E-state index is 0.0256. The minimum atomic E-state index is -0.602. The summed E-state index contributed by atoms with van der Waals surface area (Å²) in [6, 6.07) is 4.92. The summed E-state index contributed by atoms with van der Waals surface area (Å²) in [5.41, 5.74) is 1.97. The molecule has 0 unspecified atom stereocenters. The zero-order valence-electron chi connectivity index (χ0n) is 16.8. The van der Waals surface area contributed by atoms with Gasteiger partial charge in [0.1, 0.15) is 17.6 Å². The number of hydrogen-bond acceptors (Lipinski definition) is 7. The number of nitrogens with zero attached hydrogens (tertiary/aromatic N) is 1. The molecular formula is C21H25NO6. The van der Waals surface area contributed by atoms with Crippen molar-refractivity contribution in [1.82, 2.24) is 0 Å². The highest BCUT2D eigenvalue weighted by Crippen LogP contribution is 2.45. The Morgan fingerprint density at radius 1 is 1.14 bits per heavy atom. The largest absolute Gasteiger partial charge is 0.497 e. The topological polar surface area (TPSA) is 82.1 Å². The number of Topliss-reactive ketones (excluding diaryl/α,β-unsaturated/α-hetero) is 2. The molecule has 3 atom stereocenters. The van der Waals surface area contributed by atoms with Crippen LogP contribution in [-0.2, 0) is 19.1 Å². The highest BCUT2D eigenvalue weighted by Gasteiger charge is 2.48. The predicted molar refractivity (Wildman–Crippen MR) is 102 cm³/mol. The zero-order valence-corrected chi connectivity index (χ0v) is 16.8. The summed E-state index contributed by atoms with van der Waals surface area (Å²) in [7, 11) is 3.12. The number of ether oxygens (including phenoxy) is 3. The quantitative estimate of drug-likeness (QED) is 0.719. The minimum Gasteiger partial charge on any atom is -0.497 e. The smallest absolute Gasteiger partial charge is 0.302 e. The summed E-state index contributed by atoms with van der Waals surface area (Å²) in [5.74, 6) is 0.330. The highest BCUT2D eigenvalue weighted by molar-refractivity contribution is 5.99. The van der Waals surface area contributed by atoms with Gasteiger partial charge in [0, 0.05) is 36.6 Å². The van der Waals surface area contributed by atoms with Gasteiger partial charge in [0.25, 0.3) is 0 Å². The average Bonchev–Trinajstić information content (AvgIpc) is 2.64. The Hall–Kier alpha value is -2.83. The number of methoxy groups -OCH3 is 2. The third-order valence-electron chi connectivity index (χ3n) is 5.48. The van der Waals surface area contributed by atoms with Crippen molar-refractivity contribution in [2.75, 3.05) is 19.1 Å². The Morgan fingerprint density at radius 2 is 1.86 bits per heavy atom. The van der Waals surface area contributed by atoms with Gasteiger partial charge in [-0.15, -0.1) is 0 Å². The van der Waals surface area contributed by atoms with Crippen molar-refractivity contribution < 1.29 is 28.6 Å². The second kappa shape index (κ2) is 7.66. The molecule has 0 radical (unpaired) electrons. The summed E-state index contributed by atoms with van der Waals surface area (Å²) < 4.78 is 16.2. The lowest BCUT2D eigenvalue weighted by Crippen LogP contribution is -2.54. The Balaban J connectivity index is 2.14. The fourth-order valence-electron chi connectivity index (χ4n) is 4.37. The van der Waals surface area contributed by atoms with Gasteiger partial charge in [-0.2, -0.15) is 0 Å². The van der Waals surface area contributed by atoms with Gasteiger partial charge in [-0.1, -0.05) is 0 Å². The van der Waals surface area contributed by atoms with Crippen LogP contribution < -0.4 is 14.4 Å². The van der Waals surface area contributed by atoms with E-state index in [0.29, 0.717) is 34.9 Å². The van der Waals surface area contributed by atoms with E-state index >= 15 is 0 Å². The number of anilines is 1. The fourth-order valence-corrected chi connectivity index (χ4v) is 4.37. The molecule has 150 valence electrons. The lowest BCUT2D eigenvalue weighted by atomic mass is 9.72. The van der Waals surface area contributed by atoms with E-state index in [1.165, 1.54) is 13.8 Å². The van der Waals surface area contributed by atoms with Crippen LogP contribution in [0.25, 0.3) is 0 Å². The number of carbonyl (C=O) groups is 3. The Morgan fingerprint density at radius 3 is 2.43 bits per heavy atom. The first-order valence-electron chi connectivity index (χ1n) is 9.21. The number of hydrogen-bond donors (Lipinski definition) is 0. The zero-order chi connectivity index (χ0) is 20.6. The number of fused-ring (bicyclic) bond motifs is 2. The van der Waals surface area contributed by atoms with Gasteiger partial charge in [-0.25, -0.2) is 0 Å². The van der Waals surface area contributed by atoms with Crippen molar-refractivity contribution in [1.29, 1.82) is 0 Å². The second-order valence-corrected chi connectivity index (χ2v) is 7.14. The van der Waals surface area contributed by atoms with Crippen molar-refractivity contribution in [3.63, 3.8) is 0 Å². The van der Waals surface area contributed by atoms with Gasteiger partial charge in [0.05, 0.1) is 25.9 Å². The maximum Gasteiger partial charge on any atom is 0.302 e. The number of allylic oxidation sites excluding steroid dienone is 1. The Bertz CT molecular complexity index is 858. The SMILES string of the molecule is COc1ccc(N2C(C)=C(C(C)=O)[C@H]3C[C@@H]2C(=O)C[C@H]3OC(C)=O)c(OC)c1. The van der Waals surface area contributed by atoms with Gasteiger partial charge < -0.3 is 19.1 Å². The molecule has 7 nitrogen and oxygen atoms in total. The molecule has 7 heteroatoms. The summed E-state index contributed by atoms with van der Waals surface area (Å²) >= 11 is 0. The lowest BCUT2D eigenvalue weighted by Gasteiger charge is -2.47. The van der Waals surface area contributed by atoms with E-state index < -0.39 is 18.1 Å². The third-order valence-corrected chi connectivity index (χ3v) is 5.48. The van der Waals surface area contributed by atoms with Gasteiger partial charge in [0.2, 0.25) is 0 Å². The molecule has 0 spiro atoms. The van der Waals surface area contributed by atoms with Crippen molar-refractivity contribution in [2.45, 2.75) is 45.8 Å². The number of rotatable bonds is 5. The predicted octanol–water partition coefficient (Wildman–Crippen LogP) is 2.67. The standard InChI is InChI=1S/C21H25NO6/c1-11-21(12(2)23)15-9-17(18(25)10-19(15)28-13(3)24)22(11)16-7-6-14(26-4)8-20(16)27-5/h6-8,15,17,19H,9-10H2,1-5H3/t15-,17+,19+/m0/s1. The van der Waals surface area contributed by atoms with Crippen LogP contribution in [0.15, 0.2) is 29.5 Å². The molecule has 1 heterocycles. The molecular weight excluding hydrogens is 362 g/mol. The molecule has 1 aromatic carbocycles. The van der Waals surface area contributed by atoms with Gasteiger partial charge in [0.15, 0.2) is 11.6 Å². The molecule has 1 aliphatic carbocycles. The normalized spacial score (nSPS) is 24.1. The third kappa shape index (κ3) is 3.37. The van der Waals surface area contributed by atoms with Crippen LogP contribution in [0.1, 0.15) is 33.6 Å². The van der Waals surface area contributed by atoms with E-state index in [2.05, 4.69) is 0 Å². The van der Waals surface area contributed by atoms with Crippen molar-refractivity contribution in [2.24, 2.45) is 5.92 Å². The van der Waals surface area contributed by atoms with Gasteiger partial charge in [-0.05, 0) is 32.4 Å². The molecule has 3 rings (SSSR count). The lowest BCUT2D eigenvalue weighted by molar-refractivity contribution is -0.152. The van der Waals surface area contributed by atoms with Crippen LogP contribution in [0.2, 0.25) is 0 Å². The van der Waals surface area contributed by atoms with Crippen LogP contribution in [0.4, 0.5) is 5.69 Å². The summed E-state index contributed by atoms with van der Waals surface area (Å²) in [4.78, 5) is 38.8. The number of benzene rings is 1. The van der Waals surface area contributed by atoms with Crippen molar-refractivity contribution >= 4 is 23.2 Å². The summed E-state index contributed by atoms with van der Waals surface area (Å²) in [6.45, 7) is 4.64. The van der Waals surface area contributed by atoms with E-state index in [0.717, 1.165) is 0 Å². The molecule has 0 aromatic heterocycles. The number of esters is 1. The van der Waals surface area contributed by atoms with E-state index in [-0.39, 0.29) is 23.9 Å². The van der Waals surface area contributed by atoms with Crippen molar-refractivity contribution in [3.05, 3.63) is 29.5 Å². The second-order valence-electron chi connectivity index (χ2n) is 7.14. The Labute approximate surface area is 164 Å². The maximum absolute atomic E-state index is 12.9. The molecule has 28 heavy (non-hydrogen) atoms. The van der Waals surface area contributed by atoms with Crippen LogP contribution in [-0.4, -0.2) is 43.9 Å². The number of ketones is 2. The average molecular weight is 387 g/mol. The van der Waals surface area contributed by atoms with E-state index in [1.807, 2.05) is 17.9 Å². The first kappa shape index (κ1) is 19.9. The summed E-state index contributed by atoms with van der Waals surface area (Å²) in [5, 5.41) is 0. The Kier molecular flexibility index (Phi) is 5.45. The van der Waals surface area contributed by atoms with Gasteiger partial charge >= 0.3 is 5.97 Å². The first-order chi connectivity index (χ1) is 13.3. The molecule has 0 N–H and O–H groups in total. The molecule has 0 saturated heterocycles. The molecule has 1 aromatic rings. The molecule has 0 amide bonds. The van der Waals surface area contributed by atoms with Crippen LogP contribution in [0, 0.1) is 5.92 Å². The first-order valence-corrected chi connectivity index (χ1v) is 9.21. The molecule has 2 aliphatic rings. The van der Waals surface area contributed by atoms with Crippen molar-refractivity contribution in [3.8, 4) is 11.5 Å². The van der Waals surface area contributed by atoms with Crippen LogP contribution >= 0.6 is 0 Å². The maximum atomic E-state index is 12.9.